The number of ether oxygens (including phenoxy) is 1. The molecule has 2 aromatic rings. The van der Waals surface area contributed by atoms with Crippen LogP contribution in [-0.4, -0.2) is 41.2 Å². The number of amides is 1. The summed E-state index contributed by atoms with van der Waals surface area (Å²) in [6, 6.07) is 7.86. The van der Waals surface area contributed by atoms with Gasteiger partial charge in [0.05, 0.1) is 12.7 Å². The first-order chi connectivity index (χ1) is 11.7. The number of hydrogen-bond acceptors (Lipinski definition) is 5. The number of rotatable bonds is 4. The number of allylic oxidation sites excluding steroid dienone is 1. The molecule has 5 nitrogen and oxygen atoms in total. The Morgan fingerprint density at radius 1 is 1.29 bits per heavy atom. The van der Waals surface area contributed by atoms with Crippen LogP contribution in [0.3, 0.4) is 0 Å². The van der Waals surface area contributed by atoms with Gasteiger partial charge in [0.1, 0.15) is 10.8 Å². The number of carbonyl (C=O) groups is 1. The molecular formula is C18H21N3O2S. The van der Waals surface area contributed by atoms with Gasteiger partial charge in [0, 0.05) is 19.0 Å². The van der Waals surface area contributed by atoms with E-state index in [2.05, 4.69) is 10.2 Å². The van der Waals surface area contributed by atoms with Gasteiger partial charge in [-0.2, -0.15) is 0 Å². The van der Waals surface area contributed by atoms with E-state index in [0.29, 0.717) is 5.92 Å². The lowest BCUT2D eigenvalue weighted by Gasteiger charge is -2.30. The standard InChI is InChI=1S/C18H21N3O2S/c1-3-6-16(22)21-11-9-13(10-12-21)17-19-20-18(24-17)14-7-4-5-8-15(14)23-2/h3-8,13H,9-12H2,1-2H3/b6-3+. The maximum absolute atomic E-state index is 11.9. The highest BCUT2D eigenvalue weighted by molar-refractivity contribution is 7.14. The smallest absolute Gasteiger partial charge is 0.246 e. The average Bonchev–Trinajstić information content (AvgIpc) is 3.12. The molecule has 0 N–H and O–H groups in total. The van der Waals surface area contributed by atoms with Crippen LogP contribution in [-0.2, 0) is 4.79 Å². The molecule has 0 spiro atoms. The lowest BCUT2D eigenvalue weighted by molar-refractivity contribution is -0.127. The predicted molar refractivity (Wildman–Crippen MR) is 95.3 cm³/mol. The number of piperidine rings is 1. The largest absolute Gasteiger partial charge is 0.496 e. The molecular weight excluding hydrogens is 322 g/mol. The molecule has 0 aliphatic carbocycles. The van der Waals surface area contributed by atoms with Gasteiger partial charge in [0.15, 0.2) is 5.01 Å². The normalized spacial score (nSPS) is 15.8. The van der Waals surface area contributed by atoms with Crippen molar-refractivity contribution in [1.82, 2.24) is 15.1 Å². The van der Waals surface area contributed by atoms with Gasteiger partial charge in [0.2, 0.25) is 5.91 Å². The van der Waals surface area contributed by atoms with Gasteiger partial charge in [-0.1, -0.05) is 29.5 Å². The van der Waals surface area contributed by atoms with Gasteiger partial charge in [-0.05, 0) is 38.0 Å². The van der Waals surface area contributed by atoms with E-state index in [-0.39, 0.29) is 5.91 Å². The number of aromatic nitrogens is 2. The zero-order valence-corrected chi connectivity index (χ0v) is 14.8. The summed E-state index contributed by atoms with van der Waals surface area (Å²) in [4.78, 5) is 13.8. The number of carbonyl (C=O) groups excluding carboxylic acids is 1. The minimum Gasteiger partial charge on any atom is -0.496 e. The Kier molecular flexibility index (Phi) is 5.25. The molecule has 1 aromatic heterocycles. The molecule has 0 radical (unpaired) electrons. The maximum atomic E-state index is 11.9. The zero-order chi connectivity index (χ0) is 16.9. The fourth-order valence-electron chi connectivity index (χ4n) is 2.92. The highest BCUT2D eigenvalue weighted by Crippen LogP contribution is 2.36. The average molecular weight is 343 g/mol. The van der Waals surface area contributed by atoms with Crippen molar-refractivity contribution in [2.45, 2.75) is 25.7 Å². The van der Waals surface area contributed by atoms with Crippen LogP contribution in [0, 0.1) is 0 Å². The van der Waals surface area contributed by atoms with Crippen LogP contribution in [0.25, 0.3) is 10.6 Å². The van der Waals surface area contributed by atoms with Crippen LogP contribution in [0.1, 0.15) is 30.7 Å². The molecule has 1 amide bonds. The molecule has 126 valence electrons. The maximum Gasteiger partial charge on any atom is 0.246 e. The highest BCUT2D eigenvalue weighted by Gasteiger charge is 2.25. The molecule has 24 heavy (non-hydrogen) atoms. The lowest BCUT2D eigenvalue weighted by atomic mass is 9.97. The molecule has 1 aliphatic heterocycles. The van der Waals surface area contributed by atoms with Crippen molar-refractivity contribution in [2.24, 2.45) is 0 Å². The third kappa shape index (κ3) is 3.48. The third-order valence-corrected chi connectivity index (χ3v) is 5.36. The summed E-state index contributed by atoms with van der Waals surface area (Å²) in [5.41, 5.74) is 0.976. The summed E-state index contributed by atoms with van der Waals surface area (Å²) in [6.07, 6.45) is 5.29. The fraction of sp³-hybridized carbons (Fsp3) is 0.389. The van der Waals surface area contributed by atoms with Gasteiger partial charge < -0.3 is 9.64 Å². The molecule has 2 heterocycles. The van der Waals surface area contributed by atoms with E-state index in [1.165, 1.54) is 0 Å². The Morgan fingerprint density at radius 2 is 2.04 bits per heavy atom. The minimum atomic E-state index is 0.0999. The number of methoxy groups -OCH3 is 1. The van der Waals surface area contributed by atoms with Crippen molar-refractivity contribution in [3.8, 4) is 16.3 Å². The first kappa shape index (κ1) is 16.6. The molecule has 0 bridgehead atoms. The summed E-state index contributed by atoms with van der Waals surface area (Å²) >= 11 is 1.62. The molecule has 0 saturated carbocycles. The van der Waals surface area contributed by atoms with Gasteiger partial charge in [0.25, 0.3) is 0 Å². The van der Waals surface area contributed by atoms with Crippen LogP contribution in [0.2, 0.25) is 0 Å². The Labute approximate surface area is 146 Å². The van der Waals surface area contributed by atoms with Gasteiger partial charge in [-0.25, -0.2) is 0 Å². The number of hydrogen-bond donors (Lipinski definition) is 0. The predicted octanol–water partition coefficient (Wildman–Crippen LogP) is 3.50. The first-order valence-corrected chi connectivity index (χ1v) is 8.93. The zero-order valence-electron chi connectivity index (χ0n) is 13.9. The molecule has 1 aliphatic rings. The summed E-state index contributed by atoms with van der Waals surface area (Å²) < 4.78 is 5.41. The lowest BCUT2D eigenvalue weighted by Crippen LogP contribution is -2.36. The Hall–Kier alpha value is -2.21. The van der Waals surface area contributed by atoms with Gasteiger partial charge in [-0.3, -0.25) is 4.79 Å². The van der Waals surface area contributed by atoms with E-state index in [9.17, 15) is 4.79 Å². The summed E-state index contributed by atoms with van der Waals surface area (Å²) in [5.74, 6) is 1.29. The number of nitrogens with zero attached hydrogens (tertiary/aromatic N) is 3. The Bertz CT molecular complexity index is 733. The second kappa shape index (κ2) is 7.57. The monoisotopic (exact) mass is 343 g/mol. The number of likely N-dealkylation sites (tertiary alicyclic amines) is 1. The molecule has 6 heteroatoms. The van der Waals surface area contributed by atoms with Gasteiger partial charge in [-0.15, -0.1) is 10.2 Å². The molecule has 1 saturated heterocycles. The molecule has 3 rings (SSSR count). The first-order valence-electron chi connectivity index (χ1n) is 8.11. The van der Waals surface area contributed by atoms with Crippen molar-refractivity contribution in [3.05, 3.63) is 41.4 Å². The number of benzene rings is 1. The molecule has 1 fully saturated rings. The van der Waals surface area contributed by atoms with Crippen molar-refractivity contribution in [1.29, 1.82) is 0 Å². The van der Waals surface area contributed by atoms with Crippen LogP contribution < -0.4 is 4.74 Å². The van der Waals surface area contributed by atoms with Crippen LogP contribution >= 0.6 is 11.3 Å². The SMILES string of the molecule is C/C=C/C(=O)N1CCC(c2nnc(-c3ccccc3OC)s2)CC1. The number of para-hydroxylation sites is 1. The van der Waals surface area contributed by atoms with E-state index in [1.54, 1.807) is 30.6 Å². The van der Waals surface area contributed by atoms with E-state index in [1.807, 2.05) is 36.1 Å². The van der Waals surface area contributed by atoms with E-state index < -0.39 is 0 Å². The Balaban J connectivity index is 1.70. The van der Waals surface area contributed by atoms with Crippen LogP contribution in [0.15, 0.2) is 36.4 Å². The van der Waals surface area contributed by atoms with E-state index in [0.717, 1.165) is 47.3 Å². The van der Waals surface area contributed by atoms with Crippen LogP contribution in [0.5, 0.6) is 5.75 Å². The third-order valence-electron chi connectivity index (χ3n) is 4.24. The topological polar surface area (TPSA) is 55.3 Å². The molecule has 0 atom stereocenters. The van der Waals surface area contributed by atoms with Crippen molar-refractivity contribution in [3.63, 3.8) is 0 Å². The second-order valence-corrected chi connectivity index (χ2v) is 6.75. The molecule has 1 aromatic carbocycles. The quantitative estimate of drug-likeness (QED) is 0.797. The van der Waals surface area contributed by atoms with Crippen molar-refractivity contribution < 1.29 is 9.53 Å². The van der Waals surface area contributed by atoms with E-state index in [4.69, 9.17) is 4.74 Å². The summed E-state index contributed by atoms with van der Waals surface area (Å²) in [5, 5.41) is 10.7. The van der Waals surface area contributed by atoms with Crippen LogP contribution in [0.4, 0.5) is 0 Å². The minimum absolute atomic E-state index is 0.0999. The van der Waals surface area contributed by atoms with E-state index >= 15 is 0 Å². The molecule has 0 unspecified atom stereocenters. The fourth-order valence-corrected chi connectivity index (χ4v) is 3.97. The summed E-state index contributed by atoms with van der Waals surface area (Å²) in [6.45, 7) is 3.42. The summed E-state index contributed by atoms with van der Waals surface area (Å²) in [7, 11) is 1.66. The second-order valence-electron chi connectivity index (χ2n) is 5.75. The Morgan fingerprint density at radius 3 is 2.75 bits per heavy atom. The van der Waals surface area contributed by atoms with Crippen molar-refractivity contribution in [2.75, 3.05) is 20.2 Å². The van der Waals surface area contributed by atoms with Crippen molar-refractivity contribution >= 4 is 17.2 Å². The van der Waals surface area contributed by atoms with Gasteiger partial charge >= 0.3 is 0 Å². The highest BCUT2D eigenvalue weighted by atomic mass is 32.1.